The van der Waals surface area contributed by atoms with Crippen LogP contribution < -0.4 is 0 Å². The van der Waals surface area contributed by atoms with Crippen LogP contribution in [0.3, 0.4) is 0 Å². The lowest BCUT2D eigenvalue weighted by Gasteiger charge is -2.34. The van der Waals surface area contributed by atoms with Crippen LogP contribution in [0.1, 0.15) is 19.8 Å². The monoisotopic (exact) mass is 173 g/mol. The van der Waals surface area contributed by atoms with Gasteiger partial charge in [0.25, 0.3) is 0 Å². The number of amides is 1. The predicted molar refractivity (Wildman–Crippen MR) is 43.8 cm³/mol. The number of ether oxygens (including phenoxy) is 1. The lowest BCUT2D eigenvalue weighted by atomic mass is 10.0. The molecular weight excluding hydrogens is 158 g/mol. The normalized spacial score (nSPS) is 30.1. The first-order valence-corrected chi connectivity index (χ1v) is 4.17. The SMILES string of the molecule is COC(=O)N1CCC(O)CC1C. The second-order valence-corrected chi connectivity index (χ2v) is 3.19. The first kappa shape index (κ1) is 9.32. The van der Waals surface area contributed by atoms with Crippen LogP contribution in [0.15, 0.2) is 0 Å². The van der Waals surface area contributed by atoms with E-state index in [9.17, 15) is 9.90 Å². The molecule has 70 valence electrons. The third kappa shape index (κ3) is 1.88. The Bertz CT molecular complexity index is 172. The van der Waals surface area contributed by atoms with Gasteiger partial charge in [0.05, 0.1) is 13.2 Å². The molecule has 0 aromatic rings. The zero-order chi connectivity index (χ0) is 9.14. The summed E-state index contributed by atoms with van der Waals surface area (Å²) in [6, 6.07) is 0.0844. The van der Waals surface area contributed by atoms with Gasteiger partial charge in [0.2, 0.25) is 0 Å². The summed E-state index contributed by atoms with van der Waals surface area (Å²) in [4.78, 5) is 12.8. The summed E-state index contributed by atoms with van der Waals surface area (Å²) >= 11 is 0. The summed E-state index contributed by atoms with van der Waals surface area (Å²) in [6.07, 6.45) is 0.740. The summed E-state index contributed by atoms with van der Waals surface area (Å²) in [5.74, 6) is 0. The van der Waals surface area contributed by atoms with Gasteiger partial charge in [-0.3, -0.25) is 0 Å². The van der Waals surface area contributed by atoms with E-state index in [0.29, 0.717) is 19.4 Å². The molecular formula is C8H15NO3. The molecule has 1 heterocycles. The molecule has 0 bridgehead atoms. The van der Waals surface area contributed by atoms with Crippen LogP contribution in [0, 0.1) is 0 Å². The lowest BCUT2D eigenvalue weighted by Crippen LogP contribution is -2.45. The van der Waals surface area contributed by atoms with Crippen molar-refractivity contribution in [3.63, 3.8) is 0 Å². The van der Waals surface area contributed by atoms with Gasteiger partial charge in [-0.1, -0.05) is 0 Å². The van der Waals surface area contributed by atoms with E-state index < -0.39 is 0 Å². The second-order valence-electron chi connectivity index (χ2n) is 3.19. The van der Waals surface area contributed by atoms with E-state index in [1.165, 1.54) is 7.11 Å². The first-order valence-electron chi connectivity index (χ1n) is 4.17. The highest BCUT2D eigenvalue weighted by molar-refractivity contribution is 5.67. The Morgan fingerprint density at radius 2 is 2.33 bits per heavy atom. The fourth-order valence-corrected chi connectivity index (χ4v) is 1.54. The van der Waals surface area contributed by atoms with E-state index >= 15 is 0 Å². The van der Waals surface area contributed by atoms with Crippen molar-refractivity contribution in [2.45, 2.75) is 31.9 Å². The van der Waals surface area contributed by atoms with Crippen molar-refractivity contribution in [2.24, 2.45) is 0 Å². The van der Waals surface area contributed by atoms with Crippen LogP contribution in [-0.2, 0) is 4.74 Å². The van der Waals surface area contributed by atoms with E-state index in [1.807, 2.05) is 6.92 Å². The van der Waals surface area contributed by atoms with Crippen molar-refractivity contribution in [1.82, 2.24) is 4.90 Å². The average molecular weight is 173 g/mol. The number of hydrogen-bond donors (Lipinski definition) is 1. The number of aliphatic hydroxyl groups is 1. The van der Waals surface area contributed by atoms with Gasteiger partial charge in [-0.05, 0) is 19.8 Å². The Morgan fingerprint density at radius 3 is 2.83 bits per heavy atom. The molecule has 4 nitrogen and oxygen atoms in total. The molecule has 0 spiro atoms. The van der Waals surface area contributed by atoms with Crippen molar-refractivity contribution in [3.8, 4) is 0 Å². The topological polar surface area (TPSA) is 49.8 Å². The van der Waals surface area contributed by atoms with Gasteiger partial charge in [0.15, 0.2) is 0 Å². The van der Waals surface area contributed by atoms with E-state index in [4.69, 9.17) is 0 Å². The average Bonchev–Trinajstić information content (AvgIpc) is 2.03. The van der Waals surface area contributed by atoms with Gasteiger partial charge in [-0.2, -0.15) is 0 Å². The third-order valence-electron chi connectivity index (χ3n) is 2.26. The van der Waals surface area contributed by atoms with Crippen molar-refractivity contribution >= 4 is 6.09 Å². The van der Waals surface area contributed by atoms with Gasteiger partial charge < -0.3 is 14.7 Å². The van der Waals surface area contributed by atoms with Gasteiger partial charge in [-0.25, -0.2) is 4.79 Å². The number of hydrogen-bond acceptors (Lipinski definition) is 3. The molecule has 1 fully saturated rings. The molecule has 1 aliphatic heterocycles. The largest absolute Gasteiger partial charge is 0.453 e. The Hall–Kier alpha value is -0.770. The molecule has 2 atom stereocenters. The van der Waals surface area contributed by atoms with Crippen LogP contribution in [0.25, 0.3) is 0 Å². The molecule has 1 rings (SSSR count). The highest BCUT2D eigenvalue weighted by Gasteiger charge is 2.27. The van der Waals surface area contributed by atoms with Crippen molar-refractivity contribution < 1.29 is 14.6 Å². The molecule has 1 amide bonds. The van der Waals surface area contributed by atoms with E-state index in [-0.39, 0.29) is 18.2 Å². The molecule has 12 heavy (non-hydrogen) atoms. The van der Waals surface area contributed by atoms with Gasteiger partial charge in [0.1, 0.15) is 0 Å². The maximum Gasteiger partial charge on any atom is 0.409 e. The Morgan fingerprint density at radius 1 is 1.67 bits per heavy atom. The molecule has 4 heteroatoms. The maximum absolute atomic E-state index is 11.1. The fourth-order valence-electron chi connectivity index (χ4n) is 1.54. The number of piperidine rings is 1. The van der Waals surface area contributed by atoms with Gasteiger partial charge >= 0.3 is 6.09 Å². The Balaban J connectivity index is 2.50. The molecule has 0 aliphatic carbocycles. The fraction of sp³-hybridized carbons (Fsp3) is 0.875. The summed E-state index contributed by atoms with van der Waals surface area (Å²) in [6.45, 7) is 2.51. The number of rotatable bonds is 0. The summed E-state index contributed by atoms with van der Waals surface area (Å²) < 4.78 is 4.60. The van der Waals surface area contributed by atoms with Gasteiger partial charge in [0, 0.05) is 12.6 Å². The third-order valence-corrected chi connectivity index (χ3v) is 2.26. The zero-order valence-corrected chi connectivity index (χ0v) is 7.49. The number of methoxy groups -OCH3 is 1. The molecule has 0 aromatic carbocycles. The standard InChI is InChI=1S/C8H15NO3/c1-6-5-7(10)3-4-9(6)8(11)12-2/h6-7,10H,3-5H2,1-2H3. The number of carbonyl (C=O) groups excluding carboxylic acids is 1. The predicted octanol–water partition coefficient (Wildman–Crippen LogP) is 0.598. The smallest absolute Gasteiger partial charge is 0.409 e. The minimum absolute atomic E-state index is 0.0844. The molecule has 1 N–H and O–H groups in total. The van der Waals surface area contributed by atoms with Crippen LogP contribution >= 0.6 is 0 Å². The lowest BCUT2D eigenvalue weighted by molar-refractivity contribution is 0.0418. The molecule has 1 aliphatic rings. The number of likely N-dealkylation sites (tertiary alicyclic amines) is 1. The van der Waals surface area contributed by atoms with E-state index in [1.54, 1.807) is 4.90 Å². The summed E-state index contributed by atoms with van der Waals surface area (Å²) in [5.41, 5.74) is 0. The molecule has 2 unspecified atom stereocenters. The maximum atomic E-state index is 11.1. The number of carbonyl (C=O) groups is 1. The first-order chi connectivity index (χ1) is 5.65. The van der Waals surface area contributed by atoms with Gasteiger partial charge in [-0.15, -0.1) is 0 Å². The molecule has 0 radical (unpaired) electrons. The summed E-state index contributed by atoms with van der Waals surface area (Å²) in [5, 5.41) is 9.27. The minimum Gasteiger partial charge on any atom is -0.453 e. The van der Waals surface area contributed by atoms with Crippen LogP contribution in [0.5, 0.6) is 0 Å². The number of aliphatic hydroxyl groups excluding tert-OH is 1. The van der Waals surface area contributed by atoms with E-state index in [2.05, 4.69) is 4.74 Å². The summed E-state index contributed by atoms with van der Waals surface area (Å²) in [7, 11) is 1.38. The minimum atomic E-state index is -0.297. The van der Waals surface area contributed by atoms with Crippen LogP contribution in [0.4, 0.5) is 4.79 Å². The quantitative estimate of drug-likeness (QED) is 0.583. The highest BCUT2D eigenvalue weighted by atomic mass is 16.5. The van der Waals surface area contributed by atoms with Crippen molar-refractivity contribution in [2.75, 3.05) is 13.7 Å². The van der Waals surface area contributed by atoms with Crippen molar-refractivity contribution in [1.29, 1.82) is 0 Å². The highest BCUT2D eigenvalue weighted by Crippen LogP contribution is 2.17. The van der Waals surface area contributed by atoms with Crippen LogP contribution in [-0.4, -0.2) is 41.9 Å². The molecule has 1 saturated heterocycles. The number of nitrogens with zero attached hydrogens (tertiary/aromatic N) is 1. The van der Waals surface area contributed by atoms with Crippen LogP contribution in [0.2, 0.25) is 0 Å². The van der Waals surface area contributed by atoms with Crippen molar-refractivity contribution in [3.05, 3.63) is 0 Å². The molecule has 0 aromatic heterocycles. The zero-order valence-electron chi connectivity index (χ0n) is 7.49. The molecule has 0 saturated carbocycles. The van der Waals surface area contributed by atoms with E-state index in [0.717, 1.165) is 0 Å². The second kappa shape index (κ2) is 3.76. The Kier molecular flexibility index (Phi) is 2.92. The Labute approximate surface area is 72.1 Å².